The van der Waals surface area contributed by atoms with Crippen LogP contribution in [-0.4, -0.2) is 0 Å². The van der Waals surface area contributed by atoms with Gasteiger partial charge in [-0.2, -0.15) is 21.0 Å². The minimum atomic E-state index is 0.431. The minimum absolute atomic E-state index is 0.431. The van der Waals surface area contributed by atoms with Crippen molar-refractivity contribution in [2.24, 2.45) is 0 Å². The first kappa shape index (κ1) is 91.6. The molecule has 0 aromatic heterocycles. The first-order chi connectivity index (χ1) is 51.2. The summed E-state index contributed by atoms with van der Waals surface area (Å²) in [7, 11) is 0. The zero-order valence-corrected chi connectivity index (χ0v) is 70.2. The van der Waals surface area contributed by atoms with Gasteiger partial charge < -0.3 is 0 Å². The highest BCUT2D eigenvalue weighted by Gasteiger charge is 2.11. The lowest BCUT2D eigenvalue weighted by Gasteiger charge is -2.12. The van der Waals surface area contributed by atoms with Crippen LogP contribution in [0.4, 0.5) is 0 Å². The standard InChI is InChI=1S/2C15H16.3C11H13N.C11H16.C10H11N.2C10H14/c1-12(2)14-10-6-7-11-15(14)13-8-4-3-5-9-13;1-12(2)14-9-6-10-15(11-14)13-7-4-3-5-8-13;1-8(2)11-5-9(3)4-10(6-11)7-12;1-8(2)11-5-4-10(7-12)6-9(11)3;1-8(2)11-9(3)5-4-6-10(11)7-12;1-8(2)11-6-9(3)5-10(4)7-11;1-8(2)10-5-3-9(7-11)4-6-10;1-8(2)10-6-4-5-9(3)7-10;1-8(2)10-7-5-4-6-9(10)3/h2*3-12H,1-2H3;3*4-6,8H,1-3H3;5-8H,1-4H3;3-6,8H,1-2H3;2*4-8H,1-3H3. The van der Waals surface area contributed by atoms with Gasteiger partial charge in [0, 0.05) is 0 Å². The van der Waals surface area contributed by atoms with Crippen LogP contribution in [0.15, 0.2) is 255 Å². The Morgan fingerprint density at radius 2 is 0.611 bits per heavy atom. The second-order valence-electron chi connectivity index (χ2n) is 30.8. The Kier molecular flexibility index (Phi) is 41.2. The van der Waals surface area contributed by atoms with Crippen molar-refractivity contribution in [2.75, 3.05) is 0 Å². The van der Waals surface area contributed by atoms with E-state index in [2.05, 4.69) is 379 Å². The third-order valence-electron chi connectivity index (χ3n) is 18.4. The monoisotopic (exact) mass is 1430 g/mol. The molecule has 0 saturated carbocycles. The SMILES string of the molecule is CC(C)c1ccc(C#N)cc1.CC(C)c1cccc(-c2ccccc2)c1.CC(C)c1ccccc1-c1ccccc1.Cc1cc(C#N)cc(C(C)C)c1.Cc1cc(C#N)ccc1C(C)C.Cc1cc(C)cc(C(C)C)c1.Cc1cccc(C#N)c1C(C)C.Cc1cccc(C(C)C)c1.Cc1ccccc1C(C)C. The summed E-state index contributed by atoms with van der Waals surface area (Å²) in [5.74, 6) is 5.13. The predicted octanol–water partition coefficient (Wildman–Crippen LogP) is 30.3. The third kappa shape index (κ3) is 33.0. The maximum Gasteiger partial charge on any atom is 0.0994 e. The quantitative estimate of drug-likeness (QED) is 0.129. The molecule has 0 unspecified atom stereocenters. The Morgan fingerprint density at radius 3 is 1.05 bits per heavy atom. The van der Waals surface area contributed by atoms with E-state index in [4.69, 9.17) is 21.0 Å². The van der Waals surface area contributed by atoms with Crippen molar-refractivity contribution in [1.82, 2.24) is 0 Å². The molecule has 0 aliphatic carbocycles. The van der Waals surface area contributed by atoms with Crippen LogP contribution < -0.4 is 0 Å². The van der Waals surface area contributed by atoms with E-state index in [1.807, 2.05) is 73.7 Å². The van der Waals surface area contributed by atoms with Gasteiger partial charge in [0.15, 0.2) is 0 Å². The van der Waals surface area contributed by atoms with Crippen molar-refractivity contribution in [3.63, 3.8) is 0 Å². The van der Waals surface area contributed by atoms with Crippen molar-refractivity contribution in [3.8, 4) is 46.5 Å². The average molecular weight is 1430 g/mol. The molecule has 11 aromatic carbocycles. The molecular formula is C104H126N4. The van der Waals surface area contributed by atoms with E-state index in [-0.39, 0.29) is 0 Å². The second-order valence-corrected chi connectivity index (χ2v) is 30.8. The number of hydrogen-bond acceptors (Lipinski definition) is 4. The van der Waals surface area contributed by atoms with Crippen LogP contribution >= 0.6 is 0 Å². The molecule has 0 saturated heterocycles. The summed E-state index contributed by atoms with van der Waals surface area (Å²) in [4.78, 5) is 0. The van der Waals surface area contributed by atoms with E-state index in [1.165, 1.54) is 106 Å². The Labute approximate surface area is 655 Å². The van der Waals surface area contributed by atoms with Gasteiger partial charge in [-0.1, -0.05) is 354 Å². The summed E-state index contributed by atoms with van der Waals surface area (Å²) in [6.07, 6.45) is 0. The van der Waals surface area contributed by atoms with E-state index in [9.17, 15) is 0 Å². The molecule has 0 amide bonds. The van der Waals surface area contributed by atoms with Crippen molar-refractivity contribution >= 4 is 0 Å². The Bertz CT molecular complexity index is 4590. The van der Waals surface area contributed by atoms with Gasteiger partial charge in [-0.25, -0.2) is 0 Å². The molecule has 0 N–H and O–H groups in total. The molecule has 0 bridgehead atoms. The van der Waals surface area contributed by atoms with Crippen LogP contribution in [0.2, 0.25) is 0 Å². The number of nitriles is 4. The van der Waals surface area contributed by atoms with E-state index < -0.39 is 0 Å². The van der Waals surface area contributed by atoms with E-state index in [1.54, 1.807) is 0 Å². The van der Waals surface area contributed by atoms with Gasteiger partial charge in [-0.3, -0.25) is 0 Å². The van der Waals surface area contributed by atoms with Gasteiger partial charge in [-0.05, 0) is 239 Å². The van der Waals surface area contributed by atoms with Crippen LogP contribution in [0, 0.1) is 93.8 Å². The van der Waals surface area contributed by atoms with Crippen LogP contribution in [0.5, 0.6) is 0 Å². The first-order valence-electron chi connectivity index (χ1n) is 38.8. The molecule has 0 aliphatic rings. The highest BCUT2D eigenvalue weighted by atomic mass is 14.3. The van der Waals surface area contributed by atoms with Gasteiger partial charge in [0.1, 0.15) is 0 Å². The van der Waals surface area contributed by atoms with Gasteiger partial charge in [-0.15, -0.1) is 0 Å². The Morgan fingerprint density at radius 1 is 0.213 bits per heavy atom. The topological polar surface area (TPSA) is 95.2 Å². The summed E-state index contributed by atoms with van der Waals surface area (Å²) in [6.45, 7) is 54.1. The van der Waals surface area contributed by atoms with Crippen molar-refractivity contribution < 1.29 is 0 Å². The number of benzene rings is 11. The molecule has 4 heteroatoms. The van der Waals surface area contributed by atoms with Gasteiger partial charge >= 0.3 is 0 Å². The lowest BCUT2D eigenvalue weighted by molar-refractivity contribution is 0.852. The fraction of sp³-hybridized carbons (Fsp3) is 0.327. The molecule has 108 heavy (non-hydrogen) atoms. The lowest BCUT2D eigenvalue weighted by Crippen LogP contribution is -1.95. The number of hydrogen-bond donors (Lipinski definition) is 0. The normalized spacial score (nSPS) is 10.2. The molecule has 0 heterocycles. The number of aryl methyl sites for hydroxylation is 7. The van der Waals surface area contributed by atoms with Crippen molar-refractivity contribution in [3.05, 3.63) is 366 Å². The second kappa shape index (κ2) is 48.6. The fourth-order valence-electron chi connectivity index (χ4n) is 12.3. The maximum absolute atomic E-state index is 8.84. The van der Waals surface area contributed by atoms with Crippen LogP contribution in [-0.2, 0) is 0 Å². The van der Waals surface area contributed by atoms with Crippen molar-refractivity contribution in [2.45, 2.75) is 226 Å². The number of nitrogens with zero attached hydrogens (tertiary/aromatic N) is 4. The largest absolute Gasteiger partial charge is 0.192 e. The summed E-state index contributed by atoms with van der Waals surface area (Å²) < 4.78 is 0. The van der Waals surface area contributed by atoms with Crippen LogP contribution in [0.3, 0.4) is 0 Å². The zero-order valence-electron chi connectivity index (χ0n) is 70.2. The average Bonchev–Trinajstić information content (AvgIpc) is 0.901. The van der Waals surface area contributed by atoms with Crippen molar-refractivity contribution in [1.29, 1.82) is 21.0 Å². The Balaban J connectivity index is 0.000000316. The third-order valence-corrected chi connectivity index (χ3v) is 18.4. The molecule has 0 atom stereocenters. The van der Waals surface area contributed by atoms with Crippen LogP contribution in [0.1, 0.15) is 289 Å². The summed E-state index contributed by atoms with van der Waals surface area (Å²) in [5, 5.41) is 34.7. The van der Waals surface area contributed by atoms with E-state index >= 15 is 0 Å². The minimum Gasteiger partial charge on any atom is -0.192 e. The first-order valence-corrected chi connectivity index (χ1v) is 38.8. The zero-order chi connectivity index (χ0) is 80.6. The molecule has 4 nitrogen and oxygen atoms in total. The molecule has 11 rings (SSSR count). The highest BCUT2D eigenvalue weighted by Crippen LogP contribution is 2.30. The molecule has 0 spiro atoms. The molecule has 0 fully saturated rings. The van der Waals surface area contributed by atoms with E-state index in [0.717, 1.165) is 27.8 Å². The lowest BCUT2D eigenvalue weighted by atomic mass is 9.93. The molecule has 0 aliphatic heterocycles. The molecule has 562 valence electrons. The van der Waals surface area contributed by atoms with E-state index in [0.29, 0.717) is 53.3 Å². The van der Waals surface area contributed by atoms with Gasteiger partial charge in [0.25, 0.3) is 0 Å². The molecule has 11 aromatic rings. The summed E-state index contributed by atoms with van der Waals surface area (Å²) in [5.41, 5.74) is 29.6. The van der Waals surface area contributed by atoms with Gasteiger partial charge in [0.2, 0.25) is 0 Å². The highest BCUT2D eigenvalue weighted by molar-refractivity contribution is 5.68. The fourth-order valence-corrected chi connectivity index (χ4v) is 12.3. The predicted molar refractivity (Wildman–Crippen MR) is 468 cm³/mol. The summed E-state index contributed by atoms with van der Waals surface area (Å²) in [6, 6.07) is 96.5. The molecular weight excluding hydrogens is 1310 g/mol. The summed E-state index contributed by atoms with van der Waals surface area (Å²) >= 11 is 0. The number of rotatable bonds is 11. The maximum atomic E-state index is 8.84. The van der Waals surface area contributed by atoms with Crippen LogP contribution in [0.25, 0.3) is 22.3 Å². The van der Waals surface area contributed by atoms with Gasteiger partial charge in [0.05, 0.1) is 46.5 Å². The molecule has 0 radical (unpaired) electrons. The smallest absolute Gasteiger partial charge is 0.0994 e. The Hall–Kier alpha value is -10.6.